The molecule has 0 saturated carbocycles. The maximum Gasteiger partial charge on any atom is 0.418 e. The van der Waals surface area contributed by atoms with Crippen LogP contribution in [0.2, 0.25) is 0 Å². The van der Waals surface area contributed by atoms with E-state index in [4.69, 9.17) is 14.2 Å². The topological polar surface area (TPSA) is 66.8 Å². The van der Waals surface area contributed by atoms with Gasteiger partial charge in [0.15, 0.2) is 0 Å². The van der Waals surface area contributed by atoms with Crippen LogP contribution in [0, 0.1) is 0 Å². The molecule has 6 nitrogen and oxygen atoms in total. The predicted molar refractivity (Wildman–Crippen MR) is 87.9 cm³/mol. The second-order valence-corrected chi connectivity index (χ2v) is 5.33. The summed E-state index contributed by atoms with van der Waals surface area (Å²) in [5, 5.41) is 0. The van der Waals surface area contributed by atoms with Crippen LogP contribution in [0.4, 0.5) is 4.79 Å². The second-order valence-electron chi connectivity index (χ2n) is 4.48. The average molecular weight is 382 g/mol. The van der Waals surface area contributed by atoms with Crippen LogP contribution in [0.3, 0.4) is 0 Å². The van der Waals surface area contributed by atoms with Crippen molar-refractivity contribution in [3.05, 3.63) is 40.5 Å². The standard InChI is InChI=1S/C16H16BrNO5/c1-4-23-15(19)13-9-12(17)14(18(13)16(20)22-3)10-5-7-11(21-2)8-6-10/h5-9H,4H2,1-3H3. The number of methoxy groups -OCH3 is 2. The number of ether oxygens (including phenoxy) is 3. The first-order chi connectivity index (χ1) is 11.0. The first kappa shape index (κ1) is 17.1. The molecule has 23 heavy (non-hydrogen) atoms. The van der Waals surface area contributed by atoms with E-state index >= 15 is 0 Å². The monoisotopic (exact) mass is 381 g/mol. The number of aromatic nitrogens is 1. The van der Waals surface area contributed by atoms with Crippen molar-refractivity contribution in [3.63, 3.8) is 0 Å². The fourth-order valence-corrected chi connectivity index (χ4v) is 2.76. The summed E-state index contributed by atoms with van der Waals surface area (Å²) >= 11 is 3.39. The summed E-state index contributed by atoms with van der Waals surface area (Å²) in [4.78, 5) is 24.3. The summed E-state index contributed by atoms with van der Waals surface area (Å²) in [6, 6.07) is 8.63. The lowest BCUT2D eigenvalue weighted by atomic mass is 10.1. The zero-order valence-electron chi connectivity index (χ0n) is 13.0. The molecule has 1 aromatic heterocycles. The van der Waals surface area contributed by atoms with Crippen LogP contribution in [0.25, 0.3) is 11.3 Å². The molecule has 0 aliphatic carbocycles. The molecule has 0 atom stereocenters. The van der Waals surface area contributed by atoms with Gasteiger partial charge in [-0.05, 0) is 53.2 Å². The number of hydrogen-bond donors (Lipinski definition) is 0. The first-order valence-electron chi connectivity index (χ1n) is 6.84. The molecule has 2 aromatic rings. The molecule has 0 aliphatic heterocycles. The van der Waals surface area contributed by atoms with E-state index in [-0.39, 0.29) is 12.3 Å². The van der Waals surface area contributed by atoms with E-state index in [1.54, 1.807) is 38.3 Å². The van der Waals surface area contributed by atoms with Crippen LogP contribution in [0.15, 0.2) is 34.8 Å². The molecule has 0 bridgehead atoms. The predicted octanol–water partition coefficient (Wildman–Crippen LogP) is 3.72. The van der Waals surface area contributed by atoms with Crippen molar-refractivity contribution in [2.24, 2.45) is 0 Å². The Labute approximate surface area is 142 Å². The summed E-state index contributed by atoms with van der Waals surface area (Å²) in [5.41, 5.74) is 1.32. The number of rotatable bonds is 4. The molecule has 0 amide bonds. The van der Waals surface area contributed by atoms with Gasteiger partial charge in [0.2, 0.25) is 0 Å². The van der Waals surface area contributed by atoms with Crippen LogP contribution < -0.4 is 4.74 Å². The van der Waals surface area contributed by atoms with Gasteiger partial charge in [-0.25, -0.2) is 14.2 Å². The molecule has 0 fully saturated rings. The molecule has 0 radical (unpaired) electrons. The Hall–Kier alpha value is -2.28. The van der Waals surface area contributed by atoms with Gasteiger partial charge in [-0.1, -0.05) is 0 Å². The third kappa shape index (κ3) is 3.39. The van der Waals surface area contributed by atoms with Crippen molar-refractivity contribution >= 4 is 28.0 Å². The average Bonchev–Trinajstić information content (AvgIpc) is 2.92. The minimum absolute atomic E-state index is 0.0939. The van der Waals surface area contributed by atoms with Gasteiger partial charge in [0.25, 0.3) is 0 Å². The summed E-state index contributed by atoms with van der Waals surface area (Å²) in [6.45, 7) is 1.91. The van der Waals surface area contributed by atoms with Crippen LogP contribution >= 0.6 is 15.9 Å². The van der Waals surface area contributed by atoms with Crippen molar-refractivity contribution in [2.75, 3.05) is 20.8 Å². The Morgan fingerprint density at radius 2 is 1.83 bits per heavy atom. The highest BCUT2D eigenvalue weighted by Crippen LogP contribution is 2.33. The minimum atomic E-state index is -0.676. The number of nitrogens with zero attached hydrogens (tertiary/aromatic N) is 1. The maximum absolute atomic E-state index is 12.2. The third-order valence-corrected chi connectivity index (χ3v) is 3.76. The molecule has 0 aliphatic rings. The van der Waals surface area contributed by atoms with E-state index in [9.17, 15) is 9.59 Å². The summed E-state index contributed by atoms with van der Waals surface area (Å²) < 4.78 is 16.7. The quantitative estimate of drug-likeness (QED) is 0.755. The van der Waals surface area contributed by atoms with Gasteiger partial charge in [-0.2, -0.15) is 0 Å². The second kappa shape index (κ2) is 7.32. The Bertz CT molecular complexity index is 721. The largest absolute Gasteiger partial charge is 0.497 e. The van der Waals surface area contributed by atoms with Crippen molar-refractivity contribution < 1.29 is 23.8 Å². The smallest absolute Gasteiger partial charge is 0.418 e. The molecule has 1 heterocycles. The van der Waals surface area contributed by atoms with Crippen molar-refractivity contribution in [1.29, 1.82) is 0 Å². The third-order valence-electron chi connectivity index (χ3n) is 3.16. The Kier molecular flexibility index (Phi) is 5.44. The Morgan fingerprint density at radius 3 is 2.35 bits per heavy atom. The SMILES string of the molecule is CCOC(=O)c1cc(Br)c(-c2ccc(OC)cc2)n1C(=O)OC. The van der Waals surface area contributed by atoms with Crippen molar-refractivity contribution in [3.8, 4) is 17.0 Å². The number of carbonyl (C=O) groups excluding carboxylic acids is 2. The van der Waals surface area contributed by atoms with Crippen molar-refractivity contribution in [1.82, 2.24) is 4.57 Å². The molecule has 1 aromatic carbocycles. The zero-order chi connectivity index (χ0) is 17.0. The molecule has 0 N–H and O–H groups in total. The molecule has 122 valence electrons. The molecule has 0 spiro atoms. The van der Waals surface area contributed by atoms with E-state index in [2.05, 4.69) is 15.9 Å². The maximum atomic E-state index is 12.2. The normalized spacial score (nSPS) is 10.3. The van der Waals surface area contributed by atoms with Crippen LogP contribution in [0.5, 0.6) is 5.75 Å². The fraction of sp³-hybridized carbons (Fsp3) is 0.250. The fourth-order valence-electron chi connectivity index (χ4n) is 2.13. The number of esters is 1. The summed E-state index contributed by atoms with van der Waals surface area (Å²) in [7, 11) is 2.82. The van der Waals surface area contributed by atoms with E-state index in [0.29, 0.717) is 15.9 Å². The van der Waals surface area contributed by atoms with Gasteiger partial charge in [0.05, 0.1) is 26.5 Å². The number of carbonyl (C=O) groups is 2. The highest BCUT2D eigenvalue weighted by Gasteiger charge is 2.25. The summed E-state index contributed by atoms with van der Waals surface area (Å²) in [5.74, 6) is 0.0880. The van der Waals surface area contributed by atoms with Gasteiger partial charge in [-0.3, -0.25) is 0 Å². The molecule has 0 unspecified atom stereocenters. The highest BCUT2D eigenvalue weighted by molar-refractivity contribution is 9.10. The molecule has 0 saturated heterocycles. The molecule has 2 rings (SSSR count). The lowest BCUT2D eigenvalue weighted by Crippen LogP contribution is -2.20. The van der Waals surface area contributed by atoms with E-state index in [1.807, 2.05) is 0 Å². The molecular formula is C16H16BrNO5. The zero-order valence-corrected chi connectivity index (χ0v) is 14.5. The first-order valence-corrected chi connectivity index (χ1v) is 7.63. The van der Waals surface area contributed by atoms with Gasteiger partial charge >= 0.3 is 12.1 Å². The number of benzene rings is 1. The van der Waals surface area contributed by atoms with Gasteiger partial charge in [0.1, 0.15) is 11.4 Å². The highest BCUT2D eigenvalue weighted by atomic mass is 79.9. The molecule has 7 heteroatoms. The lowest BCUT2D eigenvalue weighted by molar-refractivity contribution is 0.0513. The van der Waals surface area contributed by atoms with E-state index in [1.165, 1.54) is 17.7 Å². The number of hydrogen-bond acceptors (Lipinski definition) is 5. The van der Waals surface area contributed by atoms with Crippen LogP contribution in [0.1, 0.15) is 17.4 Å². The van der Waals surface area contributed by atoms with Crippen LogP contribution in [-0.4, -0.2) is 37.5 Å². The Morgan fingerprint density at radius 1 is 1.17 bits per heavy atom. The van der Waals surface area contributed by atoms with Crippen LogP contribution in [-0.2, 0) is 9.47 Å². The number of halogens is 1. The van der Waals surface area contributed by atoms with Gasteiger partial charge in [0, 0.05) is 10.0 Å². The van der Waals surface area contributed by atoms with E-state index in [0.717, 1.165) is 5.56 Å². The lowest BCUT2D eigenvalue weighted by Gasteiger charge is -2.11. The van der Waals surface area contributed by atoms with E-state index < -0.39 is 12.1 Å². The minimum Gasteiger partial charge on any atom is -0.497 e. The van der Waals surface area contributed by atoms with Crippen molar-refractivity contribution in [2.45, 2.75) is 6.92 Å². The summed E-state index contributed by atoms with van der Waals surface area (Å²) in [6.07, 6.45) is -0.676. The van der Waals surface area contributed by atoms with Gasteiger partial charge < -0.3 is 14.2 Å². The van der Waals surface area contributed by atoms with Gasteiger partial charge in [-0.15, -0.1) is 0 Å². The Balaban J connectivity index is 2.61. The molecular weight excluding hydrogens is 366 g/mol.